The first-order valence-corrected chi connectivity index (χ1v) is 9.28. The smallest absolute Gasteiger partial charge is 0.324 e. The van der Waals surface area contributed by atoms with Crippen LogP contribution < -0.4 is 14.8 Å². The van der Waals surface area contributed by atoms with E-state index in [2.05, 4.69) is 20.5 Å². The number of anilines is 1. The highest BCUT2D eigenvalue weighted by Gasteiger charge is 2.13. The number of nitrogens with one attached hydrogen (secondary N) is 1. The third-order valence-corrected chi connectivity index (χ3v) is 5.06. The van der Waals surface area contributed by atoms with Gasteiger partial charge in [0.25, 0.3) is 5.91 Å². The molecule has 0 saturated carbocycles. The fraction of sp³-hybridized carbons (Fsp3) is 0.125. The summed E-state index contributed by atoms with van der Waals surface area (Å²) in [5.41, 5.74) is 0.336. The van der Waals surface area contributed by atoms with Gasteiger partial charge in [0.15, 0.2) is 0 Å². The number of hydrogen-bond donors (Lipinski definition) is 1. The largest absolute Gasteiger partial charge is 0.497 e. The molecule has 1 N–H and O–H groups in total. The molecule has 0 saturated heterocycles. The number of carbonyl (C=O) groups is 1. The molecule has 3 aromatic rings. The molecule has 0 aliphatic carbocycles. The van der Waals surface area contributed by atoms with Crippen LogP contribution >= 0.6 is 22.7 Å². The fourth-order valence-electron chi connectivity index (χ4n) is 2.05. The van der Waals surface area contributed by atoms with Crippen molar-refractivity contribution >= 4 is 50.1 Å². The number of ether oxygens (including phenoxy) is 2. The summed E-state index contributed by atoms with van der Waals surface area (Å²) in [5, 5.41) is 21.6. The third-order valence-electron chi connectivity index (χ3n) is 3.34. The van der Waals surface area contributed by atoms with Crippen LogP contribution in [0.2, 0.25) is 0 Å². The first-order valence-electron chi connectivity index (χ1n) is 7.64. The van der Waals surface area contributed by atoms with E-state index in [1.54, 1.807) is 24.3 Å². The van der Waals surface area contributed by atoms with Crippen LogP contribution in [-0.4, -0.2) is 41.5 Å². The Kier molecular flexibility index (Phi) is 5.91. The van der Waals surface area contributed by atoms with Crippen LogP contribution in [0.3, 0.4) is 0 Å². The summed E-state index contributed by atoms with van der Waals surface area (Å²) < 4.78 is 10.3. The van der Waals surface area contributed by atoms with Gasteiger partial charge in [-0.15, -0.1) is 10.2 Å². The van der Waals surface area contributed by atoms with E-state index in [9.17, 15) is 14.9 Å². The van der Waals surface area contributed by atoms with Crippen molar-refractivity contribution in [2.24, 2.45) is 4.99 Å². The van der Waals surface area contributed by atoms with Crippen LogP contribution in [0.15, 0.2) is 35.3 Å². The van der Waals surface area contributed by atoms with Gasteiger partial charge in [-0.25, -0.2) is 4.99 Å². The zero-order valence-electron chi connectivity index (χ0n) is 14.6. The lowest BCUT2D eigenvalue weighted by Gasteiger charge is -2.07. The van der Waals surface area contributed by atoms with Gasteiger partial charge in [-0.3, -0.25) is 20.2 Å². The van der Waals surface area contributed by atoms with Crippen molar-refractivity contribution in [1.29, 1.82) is 0 Å². The van der Waals surface area contributed by atoms with Crippen LogP contribution in [0.1, 0.15) is 15.2 Å². The molecule has 10 nitrogen and oxygen atoms in total. The van der Waals surface area contributed by atoms with Crippen molar-refractivity contribution in [3.05, 3.63) is 50.9 Å². The van der Waals surface area contributed by atoms with Crippen LogP contribution in [0.25, 0.3) is 0 Å². The highest BCUT2D eigenvalue weighted by molar-refractivity contribution is 7.19. The average Bonchev–Trinajstić information content (AvgIpc) is 3.35. The third kappa shape index (κ3) is 4.66. The zero-order chi connectivity index (χ0) is 20.1. The number of thiophene rings is 1. The molecule has 12 heteroatoms. The number of rotatable bonds is 7. The molecule has 2 heterocycles. The molecule has 0 radical (unpaired) electrons. The van der Waals surface area contributed by atoms with Gasteiger partial charge in [0.2, 0.25) is 10.3 Å². The molecule has 0 aliphatic rings. The van der Waals surface area contributed by atoms with Crippen molar-refractivity contribution in [3.63, 3.8) is 0 Å². The Morgan fingerprint density at radius 3 is 2.50 bits per heavy atom. The van der Waals surface area contributed by atoms with Gasteiger partial charge in [-0.1, -0.05) is 22.7 Å². The maximum Gasteiger partial charge on any atom is 0.324 e. The van der Waals surface area contributed by atoms with Crippen molar-refractivity contribution in [2.45, 2.75) is 0 Å². The Balaban J connectivity index is 1.69. The Morgan fingerprint density at radius 2 is 1.89 bits per heavy atom. The first-order chi connectivity index (χ1) is 13.5. The molecule has 0 aliphatic heterocycles. The van der Waals surface area contributed by atoms with Crippen LogP contribution in [0, 0.1) is 10.1 Å². The van der Waals surface area contributed by atoms with E-state index in [4.69, 9.17) is 9.47 Å². The number of aliphatic imine (C=N–C) groups is 1. The van der Waals surface area contributed by atoms with Crippen LogP contribution in [0.5, 0.6) is 11.5 Å². The molecule has 0 bridgehead atoms. The summed E-state index contributed by atoms with van der Waals surface area (Å²) in [7, 11) is 2.99. The molecule has 1 amide bonds. The van der Waals surface area contributed by atoms with Crippen molar-refractivity contribution < 1.29 is 19.2 Å². The van der Waals surface area contributed by atoms with Crippen LogP contribution in [0.4, 0.5) is 15.3 Å². The van der Waals surface area contributed by atoms with Crippen LogP contribution in [-0.2, 0) is 0 Å². The molecule has 3 rings (SSSR count). The van der Waals surface area contributed by atoms with E-state index < -0.39 is 10.8 Å². The molecule has 144 valence electrons. The number of hydrogen-bond acceptors (Lipinski definition) is 10. The van der Waals surface area contributed by atoms with E-state index in [1.807, 2.05) is 0 Å². The highest BCUT2D eigenvalue weighted by Crippen LogP contribution is 2.27. The number of carbonyl (C=O) groups excluding carboxylic acids is 1. The Labute approximate surface area is 166 Å². The summed E-state index contributed by atoms with van der Waals surface area (Å²) in [5.74, 6) is 0.562. The lowest BCUT2D eigenvalue weighted by Crippen LogP contribution is -2.12. The Bertz CT molecular complexity index is 1020. The average molecular weight is 419 g/mol. The summed E-state index contributed by atoms with van der Waals surface area (Å²) in [4.78, 5) is 27.4. The second-order valence-electron chi connectivity index (χ2n) is 5.14. The SMILES string of the molecule is COc1cc(OC)cc(C(=O)Nc2nnc(N=Cc3ccc([N+](=O)[O-])s3)s2)c1. The minimum absolute atomic E-state index is 0.0281. The maximum absolute atomic E-state index is 12.4. The predicted molar refractivity (Wildman–Crippen MR) is 106 cm³/mol. The van der Waals surface area contributed by atoms with E-state index in [1.165, 1.54) is 26.5 Å². The van der Waals surface area contributed by atoms with Crippen molar-refractivity contribution in [1.82, 2.24) is 10.2 Å². The summed E-state index contributed by atoms with van der Waals surface area (Å²) in [6, 6.07) is 7.79. The van der Waals surface area contributed by atoms with Gasteiger partial charge in [0, 0.05) is 23.9 Å². The van der Waals surface area contributed by atoms with Gasteiger partial charge in [0.05, 0.1) is 24.0 Å². The van der Waals surface area contributed by atoms with Gasteiger partial charge in [-0.2, -0.15) is 0 Å². The number of amides is 1. The normalized spacial score (nSPS) is 10.8. The van der Waals surface area contributed by atoms with E-state index in [0.29, 0.717) is 27.1 Å². The molecule has 1 aromatic carbocycles. The molecule has 0 unspecified atom stereocenters. The number of methoxy groups -OCH3 is 2. The standard InChI is InChI=1S/C16H13N5O5S2/c1-25-10-5-9(6-11(7-10)26-2)14(22)18-16-20-19-15(28-16)17-8-12-3-4-13(27-12)21(23)24/h3-8H,1-2H3,(H,18,20,22). The number of nitrogens with zero attached hydrogens (tertiary/aromatic N) is 4. The molecule has 0 fully saturated rings. The lowest BCUT2D eigenvalue weighted by molar-refractivity contribution is -0.380. The minimum Gasteiger partial charge on any atom is -0.497 e. The topological polar surface area (TPSA) is 129 Å². The zero-order valence-corrected chi connectivity index (χ0v) is 16.2. The number of aromatic nitrogens is 2. The van der Waals surface area contributed by atoms with Gasteiger partial charge in [0.1, 0.15) is 11.5 Å². The van der Waals surface area contributed by atoms with E-state index in [0.717, 1.165) is 22.7 Å². The van der Waals surface area contributed by atoms with Gasteiger partial charge >= 0.3 is 5.00 Å². The predicted octanol–water partition coefficient (Wildman–Crippen LogP) is 3.53. The molecule has 0 atom stereocenters. The second-order valence-corrected chi connectivity index (χ2v) is 7.19. The fourth-order valence-corrected chi connectivity index (χ4v) is 3.33. The molecular formula is C16H13N5O5S2. The number of benzene rings is 1. The first kappa shape index (κ1) is 19.4. The Morgan fingerprint density at radius 1 is 1.18 bits per heavy atom. The monoisotopic (exact) mass is 419 g/mol. The Hall–Kier alpha value is -3.38. The summed E-state index contributed by atoms with van der Waals surface area (Å²) >= 11 is 2.06. The van der Waals surface area contributed by atoms with Gasteiger partial charge < -0.3 is 9.47 Å². The highest BCUT2D eigenvalue weighted by atomic mass is 32.1. The van der Waals surface area contributed by atoms with Crippen molar-refractivity contribution in [3.8, 4) is 11.5 Å². The molecule has 2 aromatic heterocycles. The molecule has 0 spiro atoms. The molecule has 28 heavy (non-hydrogen) atoms. The lowest BCUT2D eigenvalue weighted by atomic mass is 10.2. The number of nitro groups is 1. The van der Waals surface area contributed by atoms with E-state index >= 15 is 0 Å². The van der Waals surface area contributed by atoms with Gasteiger partial charge in [-0.05, 0) is 18.2 Å². The second kappa shape index (κ2) is 8.54. The van der Waals surface area contributed by atoms with E-state index in [-0.39, 0.29) is 10.1 Å². The summed E-state index contributed by atoms with van der Waals surface area (Å²) in [6.07, 6.45) is 1.46. The summed E-state index contributed by atoms with van der Waals surface area (Å²) in [6.45, 7) is 0. The van der Waals surface area contributed by atoms with Crippen molar-refractivity contribution in [2.75, 3.05) is 19.5 Å². The minimum atomic E-state index is -0.464. The maximum atomic E-state index is 12.4. The molecular weight excluding hydrogens is 406 g/mol. The quantitative estimate of drug-likeness (QED) is 0.352.